The fourth-order valence-corrected chi connectivity index (χ4v) is 1.88. The average Bonchev–Trinajstić information content (AvgIpc) is 2.85. The van der Waals surface area contributed by atoms with E-state index in [9.17, 15) is 0 Å². The molecule has 0 fully saturated rings. The molecule has 0 aliphatic carbocycles. The van der Waals surface area contributed by atoms with Crippen molar-refractivity contribution in [1.29, 1.82) is 0 Å². The second-order valence-corrected chi connectivity index (χ2v) is 4.04. The predicted molar refractivity (Wildman–Crippen MR) is 68.1 cm³/mol. The molecule has 4 heteroatoms. The molecule has 1 aliphatic heterocycles. The molecule has 17 heavy (non-hydrogen) atoms. The summed E-state index contributed by atoms with van der Waals surface area (Å²) in [4.78, 5) is 4.35. The fourth-order valence-electron chi connectivity index (χ4n) is 1.88. The molecule has 1 aliphatic rings. The van der Waals surface area contributed by atoms with Gasteiger partial charge in [0.1, 0.15) is 17.3 Å². The molecule has 0 saturated carbocycles. The smallest absolute Gasteiger partial charge is 0.152 e. The van der Waals surface area contributed by atoms with Crippen LogP contribution in [0.5, 0.6) is 11.5 Å². The van der Waals surface area contributed by atoms with Gasteiger partial charge < -0.3 is 14.8 Å². The molecule has 4 nitrogen and oxygen atoms in total. The lowest BCUT2D eigenvalue weighted by atomic mass is 10.2. The van der Waals surface area contributed by atoms with E-state index in [4.69, 9.17) is 9.47 Å². The van der Waals surface area contributed by atoms with Gasteiger partial charge in [-0.15, -0.1) is 0 Å². The fraction of sp³-hybridized carbons (Fsp3) is 0.462. The molecule has 0 unspecified atom stereocenters. The molecule has 1 atom stereocenters. The van der Waals surface area contributed by atoms with E-state index in [1.54, 1.807) is 7.11 Å². The van der Waals surface area contributed by atoms with Gasteiger partial charge in [0.2, 0.25) is 0 Å². The zero-order valence-electron chi connectivity index (χ0n) is 10.5. The molecule has 1 heterocycles. The van der Waals surface area contributed by atoms with Gasteiger partial charge in [0, 0.05) is 12.1 Å². The number of hydrogen-bond donors (Lipinski definition) is 1. The molecule has 0 amide bonds. The van der Waals surface area contributed by atoms with Crippen LogP contribution in [0.25, 0.3) is 0 Å². The summed E-state index contributed by atoms with van der Waals surface area (Å²) < 4.78 is 11.2. The van der Waals surface area contributed by atoms with Crippen LogP contribution >= 0.6 is 0 Å². The molecule has 1 N–H and O–H groups in total. The summed E-state index contributed by atoms with van der Waals surface area (Å²) in [6.07, 6.45) is -0.0525. The van der Waals surface area contributed by atoms with Crippen molar-refractivity contribution in [3.63, 3.8) is 0 Å². The van der Waals surface area contributed by atoms with E-state index in [1.165, 1.54) is 0 Å². The highest BCUT2D eigenvalue weighted by Gasteiger charge is 2.16. The Morgan fingerprint density at radius 1 is 1.35 bits per heavy atom. The summed E-state index contributed by atoms with van der Waals surface area (Å²) in [6, 6.07) is 5.81. The van der Waals surface area contributed by atoms with Crippen LogP contribution in [0.1, 0.15) is 12.5 Å². The van der Waals surface area contributed by atoms with Crippen LogP contribution < -0.4 is 14.8 Å². The van der Waals surface area contributed by atoms with Crippen molar-refractivity contribution < 1.29 is 9.47 Å². The Morgan fingerprint density at radius 3 is 2.76 bits per heavy atom. The summed E-state index contributed by atoms with van der Waals surface area (Å²) in [5, 5.41) is 3.22. The lowest BCUT2D eigenvalue weighted by Gasteiger charge is -2.17. The Hall–Kier alpha value is -1.71. The Kier molecular flexibility index (Phi) is 3.52. The van der Waals surface area contributed by atoms with E-state index in [1.807, 2.05) is 32.0 Å². The molecule has 1 aromatic carbocycles. The first-order valence-electron chi connectivity index (χ1n) is 5.81. The third-order valence-corrected chi connectivity index (χ3v) is 2.84. The van der Waals surface area contributed by atoms with Crippen LogP contribution in [0.2, 0.25) is 0 Å². The van der Waals surface area contributed by atoms with Crippen LogP contribution in [-0.4, -0.2) is 32.1 Å². The standard InChI is InChI=1S/C13H18N2O2/c1-9-11(16-3)5-4-6-12(9)17-10(2)13-14-7-8-15-13/h4-6,10H,7-8H2,1-3H3,(H,14,15)/t10-/m1/s1. The molecular weight excluding hydrogens is 216 g/mol. The maximum absolute atomic E-state index is 5.90. The lowest BCUT2D eigenvalue weighted by Crippen LogP contribution is -2.33. The van der Waals surface area contributed by atoms with Crippen LogP contribution in [0.15, 0.2) is 23.2 Å². The molecule has 0 bridgehead atoms. The first-order valence-corrected chi connectivity index (χ1v) is 5.81. The molecule has 2 rings (SSSR count). The SMILES string of the molecule is COc1cccc(O[C@H](C)C2=NCCN2)c1C. The summed E-state index contributed by atoms with van der Waals surface area (Å²) in [6.45, 7) is 5.72. The van der Waals surface area contributed by atoms with Gasteiger partial charge in [-0.1, -0.05) is 6.07 Å². The average molecular weight is 234 g/mol. The highest BCUT2D eigenvalue weighted by atomic mass is 16.5. The van der Waals surface area contributed by atoms with Crippen molar-refractivity contribution in [2.24, 2.45) is 4.99 Å². The number of ether oxygens (including phenoxy) is 2. The van der Waals surface area contributed by atoms with Crippen molar-refractivity contribution in [1.82, 2.24) is 5.32 Å². The highest BCUT2D eigenvalue weighted by Crippen LogP contribution is 2.27. The Balaban J connectivity index is 2.12. The number of nitrogens with one attached hydrogen (secondary N) is 1. The van der Waals surface area contributed by atoms with Crippen LogP contribution in [0.3, 0.4) is 0 Å². The van der Waals surface area contributed by atoms with Gasteiger partial charge in [-0.2, -0.15) is 0 Å². The lowest BCUT2D eigenvalue weighted by molar-refractivity contribution is 0.279. The second-order valence-electron chi connectivity index (χ2n) is 4.04. The Labute approximate surface area is 102 Å². The third kappa shape index (κ3) is 2.52. The summed E-state index contributed by atoms with van der Waals surface area (Å²) in [5.74, 6) is 2.61. The van der Waals surface area contributed by atoms with Crippen molar-refractivity contribution in [3.05, 3.63) is 23.8 Å². The minimum absolute atomic E-state index is 0.0525. The molecule has 0 radical (unpaired) electrons. The van der Waals surface area contributed by atoms with Gasteiger partial charge in [0.15, 0.2) is 6.10 Å². The largest absolute Gasteiger partial charge is 0.496 e. The second kappa shape index (κ2) is 5.08. The van der Waals surface area contributed by atoms with Crippen LogP contribution in [0.4, 0.5) is 0 Å². The van der Waals surface area contributed by atoms with Gasteiger partial charge in [-0.25, -0.2) is 0 Å². The summed E-state index contributed by atoms with van der Waals surface area (Å²) in [7, 11) is 1.66. The Morgan fingerprint density at radius 2 is 2.12 bits per heavy atom. The molecule has 1 aromatic rings. The number of methoxy groups -OCH3 is 1. The normalized spacial score (nSPS) is 16.1. The zero-order chi connectivity index (χ0) is 12.3. The predicted octanol–water partition coefficient (Wildman–Crippen LogP) is 1.77. The highest BCUT2D eigenvalue weighted by molar-refractivity contribution is 5.87. The quantitative estimate of drug-likeness (QED) is 0.863. The molecule has 0 aromatic heterocycles. The number of aliphatic imine (C=N–C) groups is 1. The third-order valence-electron chi connectivity index (χ3n) is 2.84. The maximum Gasteiger partial charge on any atom is 0.152 e. The summed E-state index contributed by atoms with van der Waals surface area (Å²) in [5.41, 5.74) is 1.01. The first kappa shape index (κ1) is 11.8. The van der Waals surface area contributed by atoms with E-state index >= 15 is 0 Å². The van der Waals surface area contributed by atoms with E-state index in [0.29, 0.717) is 0 Å². The minimum Gasteiger partial charge on any atom is -0.496 e. The summed E-state index contributed by atoms with van der Waals surface area (Å²) >= 11 is 0. The van der Waals surface area contributed by atoms with E-state index in [0.717, 1.165) is 36.0 Å². The monoisotopic (exact) mass is 234 g/mol. The van der Waals surface area contributed by atoms with Crippen LogP contribution in [0, 0.1) is 6.92 Å². The van der Waals surface area contributed by atoms with Gasteiger partial charge in [-0.05, 0) is 26.0 Å². The maximum atomic E-state index is 5.90. The van der Waals surface area contributed by atoms with Crippen molar-refractivity contribution in [2.45, 2.75) is 20.0 Å². The number of nitrogens with zero attached hydrogens (tertiary/aromatic N) is 1. The van der Waals surface area contributed by atoms with Gasteiger partial charge >= 0.3 is 0 Å². The first-order chi connectivity index (χ1) is 8.22. The molecule has 0 spiro atoms. The van der Waals surface area contributed by atoms with E-state index in [2.05, 4.69) is 10.3 Å². The van der Waals surface area contributed by atoms with E-state index in [-0.39, 0.29) is 6.10 Å². The van der Waals surface area contributed by atoms with Gasteiger partial charge in [0.25, 0.3) is 0 Å². The van der Waals surface area contributed by atoms with E-state index < -0.39 is 0 Å². The van der Waals surface area contributed by atoms with Gasteiger partial charge in [0.05, 0.1) is 13.7 Å². The number of benzene rings is 1. The topological polar surface area (TPSA) is 42.9 Å². The Bertz CT molecular complexity index is 429. The number of rotatable bonds is 4. The number of hydrogen-bond acceptors (Lipinski definition) is 4. The number of amidine groups is 1. The van der Waals surface area contributed by atoms with Crippen molar-refractivity contribution in [2.75, 3.05) is 20.2 Å². The van der Waals surface area contributed by atoms with Crippen LogP contribution in [-0.2, 0) is 0 Å². The van der Waals surface area contributed by atoms with Gasteiger partial charge in [-0.3, -0.25) is 4.99 Å². The minimum atomic E-state index is -0.0525. The zero-order valence-corrected chi connectivity index (χ0v) is 10.5. The molecular formula is C13H18N2O2. The molecule has 92 valence electrons. The van der Waals surface area contributed by atoms with Crippen molar-refractivity contribution in [3.8, 4) is 11.5 Å². The molecule has 0 saturated heterocycles. The van der Waals surface area contributed by atoms with Crippen molar-refractivity contribution >= 4 is 5.84 Å².